The van der Waals surface area contributed by atoms with Gasteiger partial charge in [0.25, 0.3) is 0 Å². The van der Waals surface area contributed by atoms with Crippen molar-refractivity contribution in [1.29, 1.82) is 0 Å². The van der Waals surface area contributed by atoms with E-state index in [9.17, 15) is 4.79 Å². The summed E-state index contributed by atoms with van der Waals surface area (Å²) in [4.78, 5) is 12.3. The van der Waals surface area contributed by atoms with Gasteiger partial charge < -0.3 is 13.5 Å². The lowest BCUT2D eigenvalue weighted by Gasteiger charge is -2.24. The zero-order valence-electron chi connectivity index (χ0n) is 11.8. The molecule has 6 nitrogen and oxygen atoms in total. The van der Waals surface area contributed by atoms with E-state index >= 15 is 0 Å². The number of nitrogens with zero attached hydrogens (tertiary/aromatic N) is 2. The van der Waals surface area contributed by atoms with Gasteiger partial charge in [-0.15, -0.1) is 0 Å². The predicted molar refractivity (Wildman–Crippen MR) is 86.1 cm³/mol. The van der Waals surface area contributed by atoms with E-state index in [1.807, 2.05) is 0 Å². The molecule has 0 aliphatic carbocycles. The average molecular weight is 326 g/mol. The summed E-state index contributed by atoms with van der Waals surface area (Å²) >= 11 is 5.23. The molecule has 0 spiro atoms. The Labute approximate surface area is 127 Å². The summed E-state index contributed by atoms with van der Waals surface area (Å²) in [6.07, 6.45) is 2.75. The first-order valence-electron chi connectivity index (χ1n) is 6.02. The molecule has 0 unspecified atom stereocenters. The van der Waals surface area contributed by atoms with Gasteiger partial charge in [-0.3, -0.25) is 4.79 Å². The molecule has 0 bridgehead atoms. The Bertz CT molecular complexity index is 766. The lowest BCUT2D eigenvalue weighted by molar-refractivity contribution is 0.284. The molecule has 0 aliphatic rings. The second-order valence-corrected chi connectivity index (χ2v) is 7.71. The third-order valence-corrected chi connectivity index (χ3v) is 6.23. The number of hydrogen-bond donors (Lipinski definition) is 0. The normalized spacial score (nSPS) is 12.1. The maximum Gasteiger partial charge on any atom is 0.305 e. The summed E-state index contributed by atoms with van der Waals surface area (Å²) in [7, 11) is 4.55. The predicted octanol–water partition coefficient (Wildman–Crippen LogP) is 2.58. The van der Waals surface area contributed by atoms with Crippen LogP contribution in [0.2, 0.25) is 0 Å². The van der Waals surface area contributed by atoms with Gasteiger partial charge in [-0.05, 0) is 23.9 Å². The summed E-state index contributed by atoms with van der Waals surface area (Å²) in [5.41, 5.74) is 0.707. The first-order chi connectivity index (χ1) is 10.0. The lowest BCUT2D eigenvalue weighted by Crippen LogP contribution is -2.13. The summed E-state index contributed by atoms with van der Waals surface area (Å²) < 4.78 is 17.1. The highest BCUT2D eigenvalue weighted by molar-refractivity contribution is 8.08. The first kappa shape index (κ1) is 15.9. The van der Waals surface area contributed by atoms with E-state index in [2.05, 4.69) is 5.10 Å². The standard InChI is InChI=1S/C13H15N2O4PS/c1-15(20(21,17-2)18-3)14-8-10-9-19-12-7-5-4-6-11(12)13(10)16/h4-9H,1-3H3/b14-8+. The van der Waals surface area contributed by atoms with Crippen molar-refractivity contribution in [2.24, 2.45) is 5.10 Å². The van der Waals surface area contributed by atoms with E-state index < -0.39 is 6.64 Å². The zero-order chi connectivity index (χ0) is 15.5. The SMILES string of the molecule is COP(=S)(OC)N(C)/N=C/c1coc2ccccc2c1=O. The molecule has 0 saturated heterocycles. The Morgan fingerprint density at radius 2 is 2.00 bits per heavy atom. The molecule has 0 aliphatic heterocycles. The molecular weight excluding hydrogens is 311 g/mol. The zero-order valence-corrected chi connectivity index (χ0v) is 13.6. The van der Waals surface area contributed by atoms with Crippen LogP contribution in [0.1, 0.15) is 5.56 Å². The topological polar surface area (TPSA) is 64.3 Å². The van der Waals surface area contributed by atoms with Gasteiger partial charge in [-0.2, -0.15) is 5.10 Å². The second-order valence-electron chi connectivity index (χ2n) is 4.08. The van der Waals surface area contributed by atoms with E-state index in [4.69, 9.17) is 25.3 Å². The van der Waals surface area contributed by atoms with Gasteiger partial charge in [-0.1, -0.05) is 12.1 Å². The minimum absolute atomic E-state index is 0.155. The summed E-state index contributed by atoms with van der Waals surface area (Å²) in [6, 6.07) is 7.03. The molecule has 1 aromatic carbocycles. The number of fused-ring (bicyclic) bond motifs is 1. The molecule has 2 rings (SSSR count). The van der Waals surface area contributed by atoms with Gasteiger partial charge in [0.2, 0.25) is 5.43 Å². The third-order valence-electron chi connectivity index (χ3n) is 2.89. The number of benzene rings is 1. The number of hydrogen-bond acceptors (Lipinski definition) is 6. The fourth-order valence-electron chi connectivity index (χ4n) is 1.70. The van der Waals surface area contributed by atoms with Crippen LogP contribution in [0, 0.1) is 0 Å². The summed E-state index contributed by atoms with van der Waals surface area (Å²) in [5, 5.41) is 4.62. The van der Waals surface area contributed by atoms with Crippen LogP contribution in [0.4, 0.5) is 0 Å². The Morgan fingerprint density at radius 1 is 1.33 bits per heavy atom. The van der Waals surface area contributed by atoms with E-state index in [-0.39, 0.29) is 5.43 Å². The highest BCUT2D eigenvalue weighted by Crippen LogP contribution is 2.49. The van der Waals surface area contributed by atoms with Crippen molar-refractivity contribution < 1.29 is 13.5 Å². The van der Waals surface area contributed by atoms with Crippen LogP contribution < -0.4 is 5.43 Å². The van der Waals surface area contributed by atoms with Gasteiger partial charge >= 0.3 is 6.64 Å². The molecule has 0 radical (unpaired) electrons. The van der Waals surface area contributed by atoms with Crippen molar-refractivity contribution >= 4 is 35.6 Å². The van der Waals surface area contributed by atoms with Crippen LogP contribution in [0.3, 0.4) is 0 Å². The highest BCUT2D eigenvalue weighted by Gasteiger charge is 2.20. The molecule has 0 N–H and O–H groups in total. The van der Waals surface area contributed by atoms with Crippen LogP contribution in [0.5, 0.6) is 0 Å². The molecule has 0 amide bonds. The van der Waals surface area contributed by atoms with Crippen LogP contribution in [0.25, 0.3) is 11.0 Å². The Hall–Kier alpha value is -1.53. The molecule has 1 aromatic heterocycles. The maximum atomic E-state index is 12.3. The van der Waals surface area contributed by atoms with Crippen molar-refractivity contribution in [3.8, 4) is 0 Å². The molecule has 0 fully saturated rings. The van der Waals surface area contributed by atoms with Gasteiger partial charge in [-0.25, -0.2) is 4.78 Å². The molecule has 21 heavy (non-hydrogen) atoms. The Balaban J connectivity index is 2.36. The van der Waals surface area contributed by atoms with Gasteiger partial charge in [0.1, 0.15) is 11.8 Å². The van der Waals surface area contributed by atoms with Crippen molar-refractivity contribution in [3.05, 3.63) is 46.3 Å². The van der Waals surface area contributed by atoms with Gasteiger partial charge in [0.05, 0.1) is 17.2 Å². The molecule has 8 heteroatoms. The third kappa shape index (κ3) is 3.22. The Morgan fingerprint density at radius 3 is 2.67 bits per heavy atom. The first-order valence-corrected chi connectivity index (χ1v) is 8.61. The molecular formula is C13H15N2O4PS. The number of hydrazone groups is 1. The van der Waals surface area contributed by atoms with Crippen molar-refractivity contribution in [2.75, 3.05) is 21.3 Å². The average Bonchev–Trinajstić information content (AvgIpc) is 2.53. The van der Waals surface area contributed by atoms with Crippen molar-refractivity contribution in [1.82, 2.24) is 4.78 Å². The van der Waals surface area contributed by atoms with Gasteiger partial charge in [0, 0.05) is 21.3 Å². The van der Waals surface area contributed by atoms with E-state index in [0.29, 0.717) is 16.5 Å². The molecule has 0 saturated carbocycles. The molecule has 1 heterocycles. The fourth-order valence-corrected chi connectivity index (χ4v) is 2.63. The van der Waals surface area contributed by atoms with E-state index in [1.165, 1.54) is 31.5 Å². The van der Waals surface area contributed by atoms with Crippen molar-refractivity contribution in [2.45, 2.75) is 0 Å². The highest BCUT2D eigenvalue weighted by atomic mass is 32.5. The second kappa shape index (κ2) is 6.49. The minimum Gasteiger partial charge on any atom is -0.463 e. The smallest absolute Gasteiger partial charge is 0.305 e. The number of para-hydroxylation sites is 1. The summed E-state index contributed by atoms with van der Waals surface area (Å²) in [5.74, 6) is 0. The number of rotatable bonds is 5. The van der Waals surface area contributed by atoms with Crippen LogP contribution >= 0.6 is 6.64 Å². The quantitative estimate of drug-likeness (QED) is 0.478. The van der Waals surface area contributed by atoms with Gasteiger partial charge in [0.15, 0.2) is 0 Å². The minimum atomic E-state index is -2.64. The Kier molecular flexibility index (Phi) is 4.90. The maximum absolute atomic E-state index is 12.3. The van der Waals surface area contributed by atoms with Crippen LogP contribution in [0.15, 0.2) is 44.8 Å². The molecule has 0 atom stereocenters. The van der Waals surface area contributed by atoms with Crippen LogP contribution in [-0.2, 0) is 20.9 Å². The molecule has 112 valence electrons. The van der Waals surface area contributed by atoms with E-state index in [1.54, 1.807) is 31.3 Å². The van der Waals surface area contributed by atoms with Crippen LogP contribution in [-0.4, -0.2) is 32.3 Å². The lowest BCUT2D eigenvalue weighted by atomic mass is 10.2. The van der Waals surface area contributed by atoms with E-state index in [0.717, 1.165) is 0 Å². The largest absolute Gasteiger partial charge is 0.463 e. The fraction of sp³-hybridized carbons (Fsp3) is 0.231. The van der Waals surface area contributed by atoms with Crippen molar-refractivity contribution in [3.63, 3.8) is 0 Å². The monoisotopic (exact) mass is 326 g/mol. The summed E-state index contributed by atoms with van der Waals surface area (Å²) in [6.45, 7) is -2.64. The molecule has 2 aromatic rings.